The number of piperidine rings is 1. The van der Waals surface area contributed by atoms with Crippen molar-refractivity contribution >= 4 is 17.8 Å². The maximum Gasteiger partial charge on any atom is 0.407 e. The number of methoxy groups -OCH3 is 1. The summed E-state index contributed by atoms with van der Waals surface area (Å²) in [5.74, 6) is 0.723. The van der Waals surface area contributed by atoms with E-state index in [0.29, 0.717) is 25.9 Å². The lowest BCUT2D eigenvalue weighted by atomic mass is 10.0. The van der Waals surface area contributed by atoms with E-state index in [1.54, 1.807) is 31.2 Å². The van der Waals surface area contributed by atoms with Gasteiger partial charge in [0.2, 0.25) is 0 Å². The molecule has 0 aliphatic carbocycles. The van der Waals surface area contributed by atoms with Gasteiger partial charge in [-0.2, -0.15) is 0 Å². The molecule has 0 radical (unpaired) electrons. The summed E-state index contributed by atoms with van der Waals surface area (Å²) in [7, 11) is 3.18. The summed E-state index contributed by atoms with van der Waals surface area (Å²) in [6.45, 7) is 0.868. The third kappa shape index (κ3) is 3.41. The zero-order valence-corrected chi connectivity index (χ0v) is 12.8. The SMILES string of the molecule is CNC(=O)N(c1ccc(OC)cc1)C1CCN(C(=O)O)CC1. The van der Waals surface area contributed by atoms with E-state index in [4.69, 9.17) is 9.84 Å². The number of hydrogen-bond acceptors (Lipinski definition) is 3. The number of carbonyl (C=O) groups is 2. The van der Waals surface area contributed by atoms with E-state index in [0.717, 1.165) is 11.4 Å². The van der Waals surface area contributed by atoms with Crippen molar-refractivity contribution in [1.82, 2.24) is 10.2 Å². The smallest absolute Gasteiger partial charge is 0.407 e. The van der Waals surface area contributed by atoms with Crippen LogP contribution in [-0.2, 0) is 0 Å². The molecule has 0 saturated carbocycles. The summed E-state index contributed by atoms with van der Waals surface area (Å²) in [4.78, 5) is 26.3. The lowest BCUT2D eigenvalue weighted by Gasteiger charge is -2.37. The number of benzene rings is 1. The van der Waals surface area contributed by atoms with Gasteiger partial charge < -0.3 is 20.1 Å². The quantitative estimate of drug-likeness (QED) is 0.894. The van der Waals surface area contributed by atoms with Crippen LogP contribution in [0, 0.1) is 0 Å². The summed E-state index contributed by atoms with van der Waals surface area (Å²) in [6, 6.07) is 7.05. The fraction of sp³-hybridized carbons (Fsp3) is 0.467. The minimum absolute atomic E-state index is 0.0241. The van der Waals surface area contributed by atoms with Crippen molar-refractivity contribution < 1.29 is 19.4 Å². The first kappa shape index (κ1) is 15.9. The summed E-state index contributed by atoms with van der Waals surface area (Å²) >= 11 is 0. The number of rotatable bonds is 3. The highest BCUT2D eigenvalue weighted by Gasteiger charge is 2.30. The van der Waals surface area contributed by atoms with Gasteiger partial charge in [0.15, 0.2) is 0 Å². The highest BCUT2D eigenvalue weighted by molar-refractivity contribution is 5.92. The fourth-order valence-corrected chi connectivity index (χ4v) is 2.67. The van der Waals surface area contributed by atoms with Gasteiger partial charge in [0.1, 0.15) is 5.75 Å². The van der Waals surface area contributed by atoms with Crippen molar-refractivity contribution in [2.45, 2.75) is 18.9 Å². The zero-order chi connectivity index (χ0) is 16.1. The number of hydrogen-bond donors (Lipinski definition) is 2. The molecule has 0 bridgehead atoms. The minimum Gasteiger partial charge on any atom is -0.497 e. The largest absolute Gasteiger partial charge is 0.497 e. The number of urea groups is 1. The van der Waals surface area contributed by atoms with Gasteiger partial charge in [-0.1, -0.05) is 0 Å². The third-order valence-corrected chi connectivity index (χ3v) is 3.88. The second-order valence-electron chi connectivity index (χ2n) is 5.12. The Morgan fingerprint density at radius 1 is 1.27 bits per heavy atom. The van der Waals surface area contributed by atoms with Crippen LogP contribution >= 0.6 is 0 Å². The van der Waals surface area contributed by atoms with E-state index in [9.17, 15) is 9.59 Å². The van der Waals surface area contributed by atoms with Crippen LogP contribution in [-0.4, -0.2) is 55.4 Å². The van der Waals surface area contributed by atoms with Gasteiger partial charge >= 0.3 is 12.1 Å². The Hall–Kier alpha value is -2.44. The average molecular weight is 307 g/mol. The average Bonchev–Trinajstić information content (AvgIpc) is 2.56. The molecular formula is C15H21N3O4. The molecule has 1 aliphatic heterocycles. The molecule has 2 rings (SSSR count). The highest BCUT2D eigenvalue weighted by atomic mass is 16.5. The Morgan fingerprint density at radius 2 is 1.86 bits per heavy atom. The van der Waals surface area contributed by atoms with Gasteiger partial charge in [0.25, 0.3) is 0 Å². The van der Waals surface area contributed by atoms with E-state index in [1.165, 1.54) is 4.90 Å². The number of ether oxygens (including phenoxy) is 1. The topological polar surface area (TPSA) is 82.1 Å². The fourth-order valence-electron chi connectivity index (χ4n) is 2.67. The van der Waals surface area contributed by atoms with Crippen LogP contribution in [0.25, 0.3) is 0 Å². The van der Waals surface area contributed by atoms with Crippen LogP contribution in [0.4, 0.5) is 15.3 Å². The van der Waals surface area contributed by atoms with Gasteiger partial charge in [-0.3, -0.25) is 4.90 Å². The van der Waals surface area contributed by atoms with Crippen LogP contribution < -0.4 is 15.0 Å². The second kappa shape index (κ2) is 7.02. The number of anilines is 1. The van der Waals surface area contributed by atoms with Crippen LogP contribution in [0.3, 0.4) is 0 Å². The van der Waals surface area contributed by atoms with Crippen molar-refractivity contribution in [2.75, 3.05) is 32.1 Å². The van der Waals surface area contributed by atoms with Crippen LogP contribution in [0.15, 0.2) is 24.3 Å². The van der Waals surface area contributed by atoms with Crippen molar-refractivity contribution in [2.24, 2.45) is 0 Å². The Balaban J connectivity index is 2.16. The molecule has 1 fully saturated rings. The maximum absolute atomic E-state index is 12.2. The van der Waals surface area contributed by atoms with Gasteiger partial charge in [-0.05, 0) is 37.1 Å². The molecule has 2 N–H and O–H groups in total. The maximum atomic E-state index is 12.2. The number of likely N-dealkylation sites (tertiary alicyclic amines) is 1. The number of nitrogens with zero attached hydrogens (tertiary/aromatic N) is 2. The highest BCUT2D eigenvalue weighted by Crippen LogP contribution is 2.26. The van der Waals surface area contributed by atoms with E-state index < -0.39 is 6.09 Å². The molecule has 1 aromatic rings. The Bertz CT molecular complexity index is 524. The van der Waals surface area contributed by atoms with Gasteiger partial charge in [-0.25, -0.2) is 9.59 Å². The molecule has 120 valence electrons. The monoisotopic (exact) mass is 307 g/mol. The molecule has 7 nitrogen and oxygen atoms in total. The molecule has 0 spiro atoms. The Morgan fingerprint density at radius 3 is 2.32 bits per heavy atom. The van der Waals surface area contributed by atoms with Gasteiger partial charge in [-0.15, -0.1) is 0 Å². The summed E-state index contributed by atoms with van der Waals surface area (Å²) in [5, 5.41) is 11.7. The molecule has 0 aromatic heterocycles. The van der Waals surface area contributed by atoms with Gasteiger partial charge in [0, 0.05) is 31.9 Å². The first-order valence-electron chi connectivity index (χ1n) is 7.19. The lowest BCUT2D eigenvalue weighted by molar-refractivity contribution is 0.132. The van der Waals surface area contributed by atoms with Crippen molar-refractivity contribution in [1.29, 1.82) is 0 Å². The molecule has 0 atom stereocenters. The molecule has 1 aliphatic rings. The zero-order valence-electron chi connectivity index (χ0n) is 12.8. The molecular weight excluding hydrogens is 286 g/mol. The standard InChI is InChI=1S/C15H21N3O4/c1-16-14(19)18(11-3-5-13(22-2)6-4-11)12-7-9-17(10-8-12)15(20)21/h3-6,12H,7-10H2,1-2H3,(H,16,19)(H,20,21). The predicted molar refractivity (Wildman–Crippen MR) is 82.5 cm³/mol. The van der Waals surface area contributed by atoms with Crippen molar-refractivity contribution in [3.8, 4) is 5.75 Å². The predicted octanol–water partition coefficient (Wildman–Crippen LogP) is 1.98. The molecule has 22 heavy (non-hydrogen) atoms. The van der Waals surface area contributed by atoms with Crippen LogP contribution in [0.5, 0.6) is 5.75 Å². The lowest BCUT2D eigenvalue weighted by Crippen LogP contribution is -2.51. The molecule has 0 unspecified atom stereocenters. The van der Waals surface area contributed by atoms with E-state index >= 15 is 0 Å². The molecule has 1 aromatic carbocycles. The molecule has 1 saturated heterocycles. The number of nitrogens with one attached hydrogen (secondary N) is 1. The molecule has 7 heteroatoms. The number of amides is 3. The molecule has 3 amide bonds. The second-order valence-corrected chi connectivity index (χ2v) is 5.12. The van der Waals surface area contributed by atoms with Crippen molar-refractivity contribution in [3.05, 3.63) is 24.3 Å². The van der Waals surface area contributed by atoms with Gasteiger partial charge in [0.05, 0.1) is 7.11 Å². The summed E-state index contributed by atoms with van der Waals surface area (Å²) < 4.78 is 5.13. The van der Waals surface area contributed by atoms with E-state index in [2.05, 4.69) is 5.32 Å². The summed E-state index contributed by atoms with van der Waals surface area (Å²) in [6.07, 6.45) is 0.326. The van der Waals surface area contributed by atoms with E-state index in [-0.39, 0.29) is 12.1 Å². The molecule has 1 heterocycles. The number of carboxylic acid groups (broad SMARTS) is 1. The van der Waals surface area contributed by atoms with Crippen molar-refractivity contribution in [3.63, 3.8) is 0 Å². The van der Waals surface area contributed by atoms with E-state index in [1.807, 2.05) is 12.1 Å². The Kier molecular flexibility index (Phi) is 5.08. The van der Waals surface area contributed by atoms with Crippen LogP contribution in [0.1, 0.15) is 12.8 Å². The van der Waals surface area contributed by atoms with Crippen LogP contribution in [0.2, 0.25) is 0 Å². The third-order valence-electron chi connectivity index (χ3n) is 3.88. The normalized spacial score (nSPS) is 15.3. The minimum atomic E-state index is -0.908. The first-order valence-corrected chi connectivity index (χ1v) is 7.19. The Labute approximate surface area is 129 Å². The number of carbonyl (C=O) groups excluding carboxylic acids is 1. The first-order chi connectivity index (χ1) is 10.6. The summed E-state index contributed by atoms with van der Waals surface area (Å²) in [5.41, 5.74) is 0.772.